The molecular weight excluding hydrogens is 378 g/mol. The van der Waals surface area contributed by atoms with Crippen LogP contribution in [0.2, 0.25) is 0 Å². The maximum atomic E-state index is 13.3. The molecule has 0 unspecified atom stereocenters. The zero-order valence-corrected chi connectivity index (χ0v) is 17.6. The first kappa shape index (κ1) is 21.8. The lowest BCUT2D eigenvalue weighted by Crippen LogP contribution is -2.43. The number of primary amides is 1. The van der Waals surface area contributed by atoms with Gasteiger partial charge in [0.2, 0.25) is 11.8 Å². The van der Waals surface area contributed by atoms with Crippen LogP contribution in [0.5, 0.6) is 5.75 Å². The predicted molar refractivity (Wildman–Crippen MR) is 118 cm³/mol. The van der Waals surface area contributed by atoms with Crippen molar-refractivity contribution in [3.8, 4) is 5.75 Å². The molecule has 6 nitrogen and oxygen atoms in total. The Labute approximate surface area is 178 Å². The highest BCUT2D eigenvalue weighted by Gasteiger charge is 2.27. The van der Waals surface area contributed by atoms with Crippen LogP contribution in [0, 0.1) is 0 Å². The van der Waals surface area contributed by atoms with E-state index in [4.69, 9.17) is 10.5 Å². The lowest BCUT2D eigenvalue weighted by Gasteiger charge is -2.32. The van der Waals surface area contributed by atoms with Gasteiger partial charge in [-0.2, -0.15) is 0 Å². The zero-order valence-electron chi connectivity index (χ0n) is 17.6. The van der Waals surface area contributed by atoms with Crippen LogP contribution >= 0.6 is 0 Å². The number of methoxy groups -OCH3 is 1. The highest BCUT2D eigenvalue weighted by Crippen LogP contribution is 2.31. The van der Waals surface area contributed by atoms with Crippen LogP contribution in [0.1, 0.15) is 43.7 Å². The molecule has 0 spiro atoms. The maximum Gasteiger partial charge on any atom is 0.241 e. The number of nitrogens with zero attached hydrogens (tertiary/aromatic N) is 2. The molecule has 2 N–H and O–H groups in total. The summed E-state index contributed by atoms with van der Waals surface area (Å²) in [4.78, 5) is 28.6. The van der Waals surface area contributed by atoms with Crippen molar-refractivity contribution in [2.24, 2.45) is 5.73 Å². The Bertz CT molecular complexity index is 823. The number of rotatable bonds is 8. The summed E-state index contributed by atoms with van der Waals surface area (Å²) < 4.78 is 5.29. The number of para-hydroxylation sites is 1. The second-order valence-electron chi connectivity index (χ2n) is 7.71. The maximum absolute atomic E-state index is 13.3. The number of hydrogen-bond donors (Lipinski definition) is 1. The Morgan fingerprint density at radius 1 is 1.07 bits per heavy atom. The summed E-state index contributed by atoms with van der Waals surface area (Å²) in [5, 5.41) is 0. The van der Waals surface area contributed by atoms with E-state index in [0.29, 0.717) is 13.1 Å². The minimum absolute atomic E-state index is 0.0112. The van der Waals surface area contributed by atoms with Crippen LogP contribution < -0.4 is 15.4 Å². The number of benzene rings is 2. The summed E-state index contributed by atoms with van der Waals surface area (Å²) in [6.07, 6.45) is 4.55. The van der Waals surface area contributed by atoms with Gasteiger partial charge in [-0.15, -0.1) is 0 Å². The number of anilines is 1. The molecule has 0 aliphatic carbocycles. The Morgan fingerprint density at radius 2 is 1.80 bits per heavy atom. The second kappa shape index (κ2) is 10.8. The molecule has 30 heavy (non-hydrogen) atoms. The predicted octanol–water partition coefficient (Wildman–Crippen LogP) is 3.52. The molecule has 160 valence electrons. The molecule has 0 aromatic heterocycles. The van der Waals surface area contributed by atoms with Crippen molar-refractivity contribution in [2.45, 2.75) is 38.1 Å². The van der Waals surface area contributed by atoms with Gasteiger partial charge in [0, 0.05) is 24.7 Å². The third-order valence-corrected chi connectivity index (χ3v) is 5.65. The molecule has 2 aromatic rings. The van der Waals surface area contributed by atoms with Crippen LogP contribution in [0.25, 0.3) is 0 Å². The van der Waals surface area contributed by atoms with E-state index < -0.39 is 5.91 Å². The summed E-state index contributed by atoms with van der Waals surface area (Å²) in [7, 11) is 1.66. The first-order chi connectivity index (χ1) is 14.6. The van der Waals surface area contributed by atoms with Gasteiger partial charge in [0.15, 0.2) is 0 Å². The van der Waals surface area contributed by atoms with Crippen LogP contribution in [0.3, 0.4) is 0 Å². The lowest BCUT2D eigenvalue weighted by atomic mass is 10.0. The molecule has 0 bridgehead atoms. The third kappa shape index (κ3) is 5.83. The molecule has 2 amide bonds. The molecule has 0 radical (unpaired) electrons. The van der Waals surface area contributed by atoms with Crippen LogP contribution in [-0.2, 0) is 9.59 Å². The molecule has 1 heterocycles. The van der Waals surface area contributed by atoms with E-state index in [1.165, 1.54) is 12.0 Å². The largest absolute Gasteiger partial charge is 0.497 e. The fourth-order valence-electron chi connectivity index (χ4n) is 4.05. The van der Waals surface area contributed by atoms with E-state index >= 15 is 0 Å². The normalized spacial score (nSPS) is 17.2. The van der Waals surface area contributed by atoms with Crippen LogP contribution in [0.15, 0.2) is 54.6 Å². The van der Waals surface area contributed by atoms with Crippen molar-refractivity contribution in [3.05, 3.63) is 60.2 Å². The van der Waals surface area contributed by atoms with Crippen LogP contribution in [0.4, 0.5) is 5.69 Å². The van der Waals surface area contributed by atoms with Crippen molar-refractivity contribution in [1.82, 2.24) is 4.90 Å². The van der Waals surface area contributed by atoms with E-state index in [9.17, 15) is 9.59 Å². The number of carbonyl (C=O) groups is 2. The van der Waals surface area contributed by atoms with Crippen molar-refractivity contribution >= 4 is 17.5 Å². The monoisotopic (exact) mass is 409 g/mol. The van der Waals surface area contributed by atoms with Gasteiger partial charge in [-0.1, -0.05) is 43.2 Å². The molecule has 1 atom stereocenters. The van der Waals surface area contributed by atoms with Gasteiger partial charge in [-0.05, 0) is 49.2 Å². The van der Waals surface area contributed by atoms with Gasteiger partial charge >= 0.3 is 0 Å². The second-order valence-corrected chi connectivity index (χ2v) is 7.71. The third-order valence-electron chi connectivity index (χ3n) is 5.65. The Hall–Kier alpha value is -2.86. The molecular formula is C24H31N3O3. The number of ether oxygens (including phenoxy) is 1. The molecule has 2 aromatic carbocycles. The average Bonchev–Trinajstić information content (AvgIpc) is 3.00. The number of amides is 2. The Morgan fingerprint density at radius 3 is 2.47 bits per heavy atom. The minimum atomic E-state index is -0.408. The Kier molecular flexibility index (Phi) is 7.85. The quantitative estimate of drug-likeness (QED) is 0.724. The van der Waals surface area contributed by atoms with E-state index in [2.05, 4.69) is 17.0 Å². The SMILES string of the molecule is COc1ccc([C@H]2CCCCCN2CC(=O)N(CCC(N)=O)c2ccccc2)cc1. The molecule has 6 heteroatoms. The van der Waals surface area contributed by atoms with Gasteiger partial charge in [-0.3, -0.25) is 14.5 Å². The minimum Gasteiger partial charge on any atom is -0.497 e. The first-order valence-corrected chi connectivity index (χ1v) is 10.6. The number of hydrogen-bond acceptors (Lipinski definition) is 4. The summed E-state index contributed by atoms with van der Waals surface area (Å²) in [6.45, 7) is 1.48. The lowest BCUT2D eigenvalue weighted by molar-refractivity contribution is -0.120. The molecule has 3 rings (SSSR count). The van der Waals surface area contributed by atoms with Gasteiger partial charge < -0.3 is 15.4 Å². The molecule has 1 saturated heterocycles. The van der Waals surface area contributed by atoms with E-state index in [1.807, 2.05) is 42.5 Å². The Balaban J connectivity index is 1.79. The number of nitrogens with two attached hydrogens (primary N) is 1. The molecule has 0 saturated carbocycles. The van der Waals surface area contributed by atoms with Gasteiger partial charge in [0.05, 0.1) is 13.7 Å². The highest BCUT2D eigenvalue weighted by molar-refractivity contribution is 5.95. The summed E-state index contributed by atoms with van der Waals surface area (Å²) >= 11 is 0. The molecule has 1 aliphatic heterocycles. The van der Waals surface area contributed by atoms with E-state index in [-0.39, 0.29) is 18.4 Å². The van der Waals surface area contributed by atoms with Crippen molar-refractivity contribution < 1.29 is 14.3 Å². The van der Waals surface area contributed by atoms with Gasteiger partial charge in [-0.25, -0.2) is 0 Å². The van der Waals surface area contributed by atoms with Gasteiger partial charge in [0.25, 0.3) is 0 Å². The number of likely N-dealkylation sites (tertiary alicyclic amines) is 1. The smallest absolute Gasteiger partial charge is 0.241 e. The van der Waals surface area contributed by atoms with Gasteiger partial charge in [0.1, 0.15) is 5.75 Å². The van der Waals surface area contributed by atoms with E-state index in [0.717, 1.165) is 37.2 Å². The van der Waals surface area contributed by atoms with Crippen molar-refractivity contribution in [1.29, 1.82) is 0 Å². The summed E-state index contributed by atoms with van der Waals surface area (Å²) in [5.74, 6) is 0.411. The standard InChI is InChI=1S/C24H31N3O3/c1-30-21-13-11-19(12-14-21)22-10-6-3-7-16-26(22)18-24(29)27(17-15-23(25)28)20-8-4-2-5-9-20/h2,4-5,8-9,11-14,22H,3,6-7,10,15-18H2,1H3,(H2,25,28)/t22-/m1/s1. The zero-order chi connectivity index (χ0) is 21.3. The van der Waals surface area contributed by atoms with Crippen molar-refractivity contribution in [3.63, 3.8) is 0 Å². The summed E-state index contributed by atoms with van der Waals surface area (Å²) in [5.41, 5.74) is 7.34. The van der Waals surface area contributed by atoms with Crippen molar-refractivity contribution in [2.75, 3.05) is 31.6 Å². The topological polar surface area (TPSA) is 75.9 Å². The fourth-order valence-corrected chi connectivity index (χ4v) is 4.05. The highest BCUT2D eigenvalue weighted by atomic mass is 16.5. The summed E-state index contributed by atoms with van der Waals surface area (Å²) in [6, 6.07) is 17.8. The fraction of sp³-hybridized carbons (Fsp3) is 0.417. The molecule has 1 aliphatic rings. The average molecular weight is 410 g/mol. The first-order valence-electron chi connectivity index (χ1n) is 10.6. The molecule has 1 fully saturated rings. The number of carbonyl (C=O) groups excluding carboxylic acids is 2. The van der Waals surface area contributed by atoms with Crippen LogP contribution in [-0.4, -0.2) is 43.5 Å². The van der Waals surface area contributed by atoms with E-state index in [1.54, 1.807) is 12.0 Å².